The summed E-state index contributed by atoms with van der Waals surface area (Å²) in [5.41, 5.74) is -1.40. The second kappa shape index (κ2) is 10.2. The predicted molar refractivity (Wildman–Crippen MR) is 137 cm³/mol. The molecule has 214 valence electrons. The molecule has 0 aromatic carbocycles. The second-order valence-electron chi connectivity index (χ2n) is 11.7. The first-order valence-electron chi connectivity index (χ1n) is 13.5. The van der Waals surface area contributed by atoms with E-state index in [4.69, 9.17) is 23.7 Å². The van der Waals surface area contributed by atoms with Crippen LogP contribution in [0.25, 0.3) is 0 Å². The Hall–Kier alpha value is -2.34. The summed E-state index contributed by atoms with van der Waals surface area (Å²) in [5.74, 6) is -1.23. The van der Waals surface area contributed by atoms with Crippen molar-refractivity contribution in [3.8, 4) is 0 Å². The van der Waals surface area contributed by atoms with E-state index in [0.29, 0.717) is 18.6 Å². The molecule has 10 heteroatoms. The van der Waals surface area contributed by atoms with Crippen molar-refractivity contribution in [3.05, 3.63) is 47.6 Å². The maximum Gasteiger partial charge on any atom is 0.331 e. The SMILES string of the molecule is CC1=C[C@H]2O[C@H]3C[C@@H]4OC(=O)/C=C/C=C/[C@@H]([C@@H](C)O)OC[C@H](O)/C(C)=C/C(=O)OC[C@@]2(C[C@@H]1O)[C@@]4(C)[C@@]31CO1. The molecular formula is C29H38O10. The molecule has 0 unspecified atom stereocenters. The Balaban J connectivity index is 1.54. The lowest BCUT2D eigenvalue weighted by molar-refractivity contribution is -0.238. The topological polar surface area (TPSA) is 144 Å². The Labute approximate surface area is 227 Å². The van der Waals surface area contributed by atoms with E-state index in [1.807, 2.05) is 19.9 Å². The Morgan fingerprint density at radius 2 is 1.77 bits per heavy atom. The second-order valence-corrected chi connectivity index (χ2v) is 11.7. The van der Waals surface area contributed by atoms with Gasteiger partial charge in [0, 0.05) is 24.0 Å². The summed E-state index contributed by atoms with van der Waals surface area (Å²) in [4.78, 5) is 25.9. The molecule has 0 aromatic rings. The van der Waals surface area contributed by atoms with E-state index in [9.17, 15) is 24.9 Å². The largest absolute Gasteiger partial charge is 0.462 e. The molecule has 5 rings (SSSR count). The van der Waals surface area contributed by atoms with Crippen LogP contribution in [-0.4, -0.2) is 95.4 Å². The van der Waals surface area contributed by atoms with Gasteiger partial charge >= 0.3 is 11.9 Å². The van der Waals surface area contributed by atoms with Gasteiger partial charge in [0.25, 0.3) is 0 Å². The molecule has 3 heterocycles. The summed E-state index contributed by atoms with van der Waals surface area (Å²) >= 11 is 0. The van der Waals surface area contributed by atoms with Crippen molar-refractivity contribution in [2.75, 3.05) is 19.8 Å². The molecule has 0 aromatic heterocycles. The van der Waals surface area contributed by atoms with Crippen LogP contribution in [0.2, 0.25) is 0 Å². The third-order valence-corrected chi connectivity index (χ3v) is 9.48. The quantitative estimate of drug-likeness (QED) is 0.250. The van der Waals surface area contributed by atoms with Gasteiger partial charge in [-0.2, -0.15) is 0 Å². The Morgan fingerprint density at radius 3 is 2.46 bits per heavy atom. The van der Waals surface area contributed by atoms with Crippen LogP contribution in [0.4, 0.5) is 0 Å². The normalized spacial score (nSPS) is 48.3. The van der Waals surface area contributed by atoms with E-state index in [2.05, 4.69) is 0 Å². The zero-order chi connectivity index (χ0) is 28.2. The van der Waals surface area contributed by atoms with E-state index in [1.54, 1.807) is 26.0 Å². The average molecular weight is 547 g/mol. The van der Waals surface area contributed by atoms with Crippen molar-refractivity contribution < 1.29 is 48.6 Å². The van der Waals surface area contributed by atoms with Crippen molar-refractivity contribution in [3.63, 3.8) is 0 Å². The minimum atomic E-state index is -1.11. The minimum absolute atomic E-state index is 0.112. The number of rotatable bonds is 1. The number of hydrogen-bond acceptors (Lipinski definition) is 10. The van der Waals surface area contributed by atoms with Crippen molar-refractivity contribution >= 4 is 11.9 Å². The van der Waals surface area contributed by atoms with Gasteiger partial charge in [-0.15, -0.1) is 0 Å². The molecule has 10 nitrogen and oxygen atoms in total. The van der Waals surface area contributed by atoms with E-state index in [0.717, 1.165) is 5.57 Å². The highest BCUT2D eigenvalue weighted by molar-refractivity contribution is 5.83. The number of carbonyl (C=O) groups is 2. The van der Waals surface area contributed by atoms with E-state index in [1.165, 1.54) is 18.2 Å². The molecule has 5 aliphatic rings. The molecular weight excluding hydrogens is 508 g/mol. The van der Waals surface area contributed by atoms with E-state index < -0.39 is 65.0 Å². The lowest BCUT2D eigenvalue weighted by Crippen LogP contribution is -2.68. The lowest BCUT2D eigenvalue weighted by atomic mass is 9.51. The number of ether oxygens (including phenoxy) is 5. The molecule has 3 N–H and O–H groups in total. The van der Waals surface area contributed by atoms with Crippen LogP contribution in [-0.2, 0) is 33.3 Å². The minimum Gasteiger partial charge on any atom is -0.462 e. The number of aliphatic hydroxyl groups excluding tert-OH is 3. The summed E-state index contributed by atoms with van der Waals surface area (Å²) < 4.78 is 30.1. The third kappa shape index (κ3) is 4.61. The lowest BCUT2D eigenvalue weighted by Gasteiger charge is -2.58. The van der Waals surface area contributed by atoms with E-state index in [-0.39, 0.29) is 25.7 Å². The van der Waals surface area contributed by atoms with Gasteiger partial charge in [0.2, 0.25) is 0 Å². The van der Waals surface area contributed by atoms with Crippen LogP contribution in [0.5, 0.6) is 0 Å². The first-order valence-corrected chi connectivity index (χ1v) is 13.5. The monoisotopic (exact) mass is 546 g/mol. The molecule has 2 saturated heterocycles. The summed E-state index contributed by atoms with van der Waals surface area (Å²) in [7, 11) is 0. The Kier molecular flexibility index (Phi) is 7.41. The molecule has 2 aliphatic carbocycles. The highest BCUT2D eigenvalue weighted by atomic mass is 16.6. The van der Waals surface area contributed by atoms with Crippen LogP contribution in [0.1, 0.15) is 40.5 Å². The fraction of sp³-hybridized carbons (Fsp3) is 0.655. The van der Waals surface area contributed by atoms with Crippen LogP contribution < -0.4 is 0 Å². The first kappa shape index (κ1) is 28.2. The first-order chi connectivity index (χ1) is 18.4. The van der Waals surface area contributed by atoms with Gasteiger partial charge in [-0.25, -0.2) is 9.59 Å². The summed E-state index contributed by atoms with van der Waals surface area (Å²) in [5, 5.41) is 31.6. The fourth-order valence-electron chi connectivity index (χ4n) is 6.84. The zero-order valence-electron chi connectivity index (χ0n) is 22.7. The number of cyclic esters (lactones) is 1. The molecule has 2 bridgehead atoms. The van der Waals surface area contributed by atoms with Crippen molar-refractivity contribution in [2.24, 2.45) is 10.8 Å². The molecule has 3 fully saturated rings. The summed E-state index contributed by atoms with van der Waals surface area (Å²) in [6, 6.07) is 0. The van der Waals surface area contributed by atoms with E-state index >= 15 is 0 Å². The van der Waals surface area contributed by atoms with Gasteiger partial charge in [0.15, 0.2) is 0 Å². The van der Waals surface area contributed by atoms with Crippen LogP contribution in [0.15, 0.2) is 47.6 Å². The molecule has 10 atom stereocenters. The highest BCUT2D eigenvalue weighted by Crippen LogP contribution is 2.72. The van der Waals surface area contributed by atoms with Crippen LogP contribution in [0.3, 0.4) is 0 Å². The van der Waals surface area contributed by atoms with Gasteiger partial charge in [-0.05, 0) is 38.3 Å². The Bertz CT molecular complexity index is 1120. The summed E-state index contributed by atoms with van der Waals surface area (Å²) in [6.45, 7) is 7.09. The zero-order valence-corrected chi connectivity index (χ0v) is 22.7. The summed E-state index contributed by atoms with van der Waals surface area (Å²) in [6.07, 6.45) is 4.68. The van der Waals surface area contributed by atoms with Gasteiger partial charge in [-0.3, -0.25) is 0 Å². The number of aliphatic hydroxyl groups is 3. The standard InChI is InChI=1S/C29H38O10/c1-16-9-23-28(12-19(16)31)14-36-26(34)10-17(2)20(32)13-35-21(18(3)30)7-5-6-8-25(33)39-22-11-24(38-23)29(15-37-29)27(22,28)4/h5-10,18-24,30-32H,11-15H2,1-4H3/b7-5+,8-6+,17-10+/t18-,19+,20+,21+,22+,23-,24+,27+,28-,29-/m1/s1. The van der Waals surface area contributed by atoms with Gasteiger partial charge < -0.3 is 39.0 Å². The van der Waals surface area contributed by atoms with Crippen LogP contribution in [0, 0.1) is 10.8 Å². The predicted octanol–water partition coefficient (Wildman–Crippen LogP) is 1.28. The highest BCUT2D eigenvalue weighted by Gasteiger charge is 2.83. The number of esters is 2. The number of carbonyl (C=O) groups excluding carboxylic acids is 2. The smallest absolute Gasteiger partial charge is 0.331 e. The average Bonchev–Trinajstić information content (AvgIpc) is 3.65. The molecule has 39 heavy (non-hydrogen) atoms. The molecule has 2 spiro atoms. The Morgan fingerprint density at radius 1 is 1.03 bits per heavy atom. The number of hydrogen-bond donors (Lipinski definition) is 3. The van der Waals surface area contributed by atoms with Crippen molar-refractivity contribution in [1.82, 2.24) is 0 Å². The van der Waals surface area contributed by atoms with Crippen molar-refractivity contribution in [1.29, 1.82) is 0 Å². The third-order valence-electron chi connectivity index (χ3n) is 9.48. The van der Waals surface area contributed by atoms with Crippen LogP contribution >= 0.6 is 0 Å². The maximum atomic E-state index is 13.0. The fourth-order valence-corrected chi connectivity index (χ4v) is 6.84. The number of allylic oxidation sites excluding steroid dienone is 2. The van der Waals surface area contributed by atoms with Crippen molar-refractivity contribution in [2.45, 2.75) is 88.9 Å². The molecule has 0 amide bonds. The maximum absolute atomic E-state index is 13.0. The molecule has 0 radical (unpaired) electrons. The van der Waals surface area contributed by atoms with Gasteiger partial charge in [0.05, 0.1) is 49.1 Å². The molecule has 3 aliphatic heterocycles. The number of epoxide rings is 1. The van der Waals surface area contributed by atoms with Gasteiger partial charge in [-0.1, -0.05) is 31.2 Å². The molecule has 1 saturated carbocycles. The van der Waals surface area contributed by atoms with Gasteiger partial charge in [0.1, 0.15) is 24.4 Å².